The zero-order valence-electron chi connectivity index (χ0n) is 36.6. The first-order valence-corrected chi connectivity index (χ1v) is 22.1. The van der Waals surface area contributed by atoms with Gasteiger partial charge in [-0.25, -0.2) is 9.59 Å². The SMILES string of the molecule is CCNC(=O)CCN1C(=O)CC(SCCCO[C@@H](C)C(=O)O[C@H]2CC(=O)N(C)c3cc(cc(OC)c3Cl)C/C(C)=C/C=C/[C@@H](OC)[C@@]3(O)CC(OC(=O)N3)C3(C)C[C@@]2(C)O3)C1=O. The number of fused-ring (bicyclic) bond motifs is 6. The maximum atomic E-state index is 14.2. The van der Waals surface area contributed by atoms with Gasteiger partial charge in [0.15, 0.2) is 11.8 Å². The average Bonchev–Trinajstić information content (AvgIpc) is 3.47. The van der Waals surface area contributed by atoms with Gasteiger partial charge >= 0.3 is 12.1 Å². The van der Waals surface area contributed by atoms with Crippen LogP contribution in [0.15, 0.2) is 35.9 Å². The molecule has 3 unspecified atom stereocenters. The van der Waals surface area contributed by atoms with E-state index in [-0.39, 0.29) is 68.0 Å². The van der Waals surface area contributed by atoms with Crippen LogP contribution < -0.4 is 20.3 Å². The number of ether oxygens (including phenoxy) is 6. The van der Waals surface area contributed by atoms with Crippen molar-refractivity contribution in [3.63, 3.8) is 0 Å². The molecule has 342 valence electrons. The number of hydrogen-bond acceptors (Lipinski definition) is 14. The molecule has 19 heteroatoms. The second kappa shape index (κ2) is 20.5. The number of aliphatic hydroxyl groups is 1. The minimum atomic E-state index is -1.87. The van der Waals surface area contributed by atoms with E-state index in [4.69, 9.17) is 40.0 Å². The summed E-state index contributed by atoms with van der Waals surface area (Å²) >= 11 is 8.09. The summed E-state index contributed by atoms with van der Waals surface area (Å²) in [6.45, 7) is 9.26. The van der Waals surface area contributed by atoms with Crippen LogP contribution in [-0.2, 0) is 54.1 Å². The Balaban J connectivity index is 1.31. The fourth-order valence-corrected chi connectivity index (χ4v) is 9.68. The standard InChI is InChI=1S/C43H59ClN4O13S/c1-9-45-34(49)14-15-48-36(51)21-30(38(48)52)62-17-11-16-58-26(3)39(53)59-32-22-35(50)47(6)28-19-27(20-29(56-7)37(28)44)18-25(2)12-10-13-31(57-8)43(55)23-33(60-40(54)46-43)42(5)24-41(32,4)61-42/h10,12-13,19-20,26,30-33,55H,9,11,14-18,21-24H2,1-8H3,(H,45,49)(H,46,54)/b13-10+,25-12+/t26-,30?,31+,32-,33?,41+,42?,43-/m0/s1. The number of thioether (sulfide) groups is 1. The normalized spacial score (nSPS) is 31.0. The third-order valence-corrected chi connectivity index (χ3v) is 13.2. The summed E-state index contributed by atoms with van der Waals surface area (Å²) < 4.78 is 35.3. The number of hydrogen-bond donors (Lipinski definition) is 3. The molecule has 0 aromatic heterocycles. The molecular weight excluding hydrogens is 848 g/mol. The van der Waals surface area contributed by atoms with Crippen LogP contribution in [0.1, 0.15) is 78.7 Å². The lowest BCUT2D eigenvalue weighted by Crippen LogP contribution is -2.72. The number of benzene rings is 1. The van der Waals surface area contributed by atoms with E-state index in [0.717, 1.165) is 16.0 Å². The summed E-state index contributed by atoms with van der Waals surface area (Å²) in [5.74, 6) is -1.26. The largest absolute Gasteiger partial charge is 0.495 e. The van der Waals surface area contributed by atoms with E-state index in [2.05, 4.69) is 10.6 Å². The van der Waals surface area contributed by atoms with Crippen molar-refractivity contribution >= 4 is 64.7 Å². The predicted molar refractivity (Wildman–Crippen MR) is 230 cm³/mol. The van der Waals surface area contributed by atoms with Gasteiger partial charge in [0.05, 0.1) is 24.5 Å². The van der Waals surface area contributed by atoms with Gasteiger partial charge in [-0.1, -0.05) is 35.4 Å². The number of anilines is 1. The third-order valence-electron chi connectivity index (χ3n) is 11.6. The van der Waals surface area contributed by atoms with Crippen LogP contribution in [0.25, 0.3) is 0 Å². The second-order valence-electron chi connectivity index (χ2n) is 16.5. The molecule has 1 aromatic carbocycles. The topological polar surface area (TPSA) is 209 Å². The monoisotopic (exact) mass is 906 g/mol. The summed E-state index contributed by atoms with van der Waals surface area (Å²) in [6, 6.07) is 3.57. The molecular formula is C43H59ClN4O13S. The van der Waals surface area contributed by atoms with E-state index in [1.807, 2.05) is 13.0 Å². The van der Waals surface area contributed by atoms with Crippen molar-refractivity contribution in [2.75, 3.05) is 51.6 Å². The molecule has 3 N–H and O–H groups in total. The Morgan fingerprint density at radius 2 is 1.85 bits per heavy atom. The van der Waals surface area contributed by atoms with Gasteiger partial charge in [0, 0.05) is 59.5 Å². The molecule has 6 rings (SSSR count). The van der Waals surface area contributed by atoms with Gasteiger partial charge in [-0.15, -0.1) is 11.8 Å². The van der Waals surface area contributed by atoms with Crippen molar-refractivity contribution < 1.29 is 62.3 Å². The number of rotatable bonds is 14. The molecule has 62 heavy (non-hydrogen) atoms. The number of amides is 5. The number of methoxy groups -OCH3 is 2. The summed E-state index contributed by atoms with van der Waals surface area (Å²) in [7, 11) is 4.46. The van der Waals surface area contributed by atoms with Crippen molar-refractivity contribution in [3.05, 3.63) is 46.5 Å². The first kappa shape index (κ1) is 48.8. The van der Waals surface area contributed by atoms with E-state index >= 15 is 0 Å². The lowest BCUT2D eigenvalue weighted by atomic mass is 9.72. The van der Waals surface area contributed by atoms with Crippen molar-refractivity contribution in [2.45, 2.75) is 126 Å². The molecule has 6 bridgehead atoms. The van der Waals surface area contributed by atoms with Crippen molar-refractivity contribution in [2.24, 2.45) is 0 Å². The number of carbonyl (C=O) groups excluding carboxylic acids is 6. The Kier molecular flexibility index (Phi) is 16.2. The Hall–Kier alpha value is -4.20. The van der Waals surface area contributed by atoms with Gasteiger partial charge in [-0.3, -0.25) is 29.4 Å². The van der Waals surface area contributed by atoms with E-state index in [1.165, 1.54) is 37.8 Å². The smallest absolute Gasteiger partial charge is 0.409 e. The van der Waals surface area contributed by atoms with Crippen molar-refractivity contribution in [1.82, 2.24) is 15.5 Å². The highest BCUT2D eigenvalue weighted by Gasteiger charge is 2.63. The second-order valence-corrected chi connectivity index (χ2v) is 18.2. The first-order valence-electron chi connectivity index (χ1n) is 20.7. The lowest BCUT2D eigenvalue weighted by Gasteiger charge is -2.59. The van der Waals surface area contributed by atoms with Gasteiger partial charge < -0.3 is 43.7 Å². The third kappa shape index (κ3) is 11.3. The van der Waals surface area contributed by atoms with Gasteiger partial charge in [0.1, 0.15) is 40.3 Å². The van der Waals surface area contributed by atoms with Crippen molar-refractivity contribution in [1.29, 1.82) is 0 Å². The number of nitrogens with zero attached hydrogens (tertiary/aromatic N) is 2. The highest BCUT2D eigenvalue weighted by atomic mass is 35.5. The molecule has 5 amide bonds. The molecule has 0 saturated carbocycles. The van der Waals surface area contributed by atoms with Crippen LogP contribution >= 0.6 is 23.4 Å². The fourth-order valence-electron chi connectivity index (χ4n) is 8.26. The van der Waals surface area contributed by atoms with Gasteiger partial charge in [0.25, 0.3) is 0 Å². The van der Waals surface area contributed by atoms with Gasteiger partial charge in [-0.2, -0.15) is 0 Å². The maximum absolute atomic E-state index is 14.2. The molecule has 5 heterocycles. The Morgan fingerprint density at radius 3 is 2.53 bits per heavy atom. The molecule has 8 atom stereocenters. The zero-order chi connectivity index (χ0) is 45.6. The summed E-state index contributed by atoms with van der Waals surface area (Å²) in [5.41, 5.74) is -2.23. The van der Waals surface area contributed by atoms with E-state index in [9.17, 15) is 33.9 Å². The van der Waals surface area contributed by atoms with Crippen molar-refractivity contribution in [3.8, 4) is 5.75 Å². The summed E-state index contributed by atoms with van der Waals surface area (Å²) in [4.78, 5) is 80.5. The first-order chi connectivity index (χ1) is 29.3. The highest BCUT2D eigenvalue weighted by Crippen LogP contribution is 2.50. The Bertz CT molecular complexity index is 1940. The number of nitrogens with one attached hydrogen (secondary N) is 2. The number of carbonyl (C=O) groups is 6. The number of likely N-dealkylation sites (tertiary alicyclic amines) is 1. The van der Waals surface area contributed by atoms with Crippen LogP contribution in [-0.4, -0.2) is 139 Å². The van der Waals surface area contributed by atoms with Gasteiger partial charge in [-0.05, 0) is 70.9 Å². The summed E-state index contributed by atoms with van der Waals surface area (Å²) in [5, 5.41) is 16.6. The molecule has 3 fully saturated rings. The molecule has 0 radical (unpaired) electrons. The molecule has 1 aromatic rings. The van der Waals surface area contributed by atoms with Crippen LogP contribution in [0, 0.1) is 0 Å². The number of halogens is 1. The van der Waals surface area contributed by atoms with Crippen LogP contribution in [0.3, 0.4) is 0 Å². The molecule has 5 aliphatic rings. The number of esters is 1. The minimum absolute atomic E-state index is 0.0320. The zero-order valence-corrected chi connectivity index (χ0v) is 38.2. The molecule has 5 aliphatic heterocycles. The van der Waals surface area contributed by atoms with Crippen LogP contribution in [0.5, 0.6) is 5.75 Å². The predicted octanol–water partition coefficient (Wildman–Crippen LogP) is 3.99. The number of allylic oxidation sites excluding steroid dienone is 3. The minimum Gasteiger partial charge on any atom is -0.495 e. The number of alkyl carbamates (subject to hydrolysis) is 1. The molecule has 17 nitrogen and oxygen atoms in total. The lowest BCUT2D eigenvalue weighted by molar-refractivity contribution is -0.328. The average molecular weight is 907 g/mol. The van der Waals surface area contributed by atoms with E-state index in [1.54, 1.807) is 52.1 Å². The van der Waals surface area contributed by atoms with Gasteiger partial charge in [0.2, 0.25) is 23.6 Å². The Morgan fingerprint density at radius 1 is 1.13 bits per heavy atom. The summed E-state index contributed by atoms with van der Waals surface area (Å²) in [6.07, 6.45) is 0.863. The fraction of sp³-hybridized carbons (Fsp3) is 0.628. The molecule has 0 aliphatic carbocycles. The number of imide groups is 1. The maximum Gasteiger partial charge on any atom is 0.409 e. The van der Waals surface area contributed by atoms with E-state index < -0.39 is 64.6 Å². The molecule has 0 spiro atoms. The molecule has 3 saturated heterocycles. The quantitative estimate of drug-likeness (QED) is 0.137. The highest BCUT2D eigenvalue weighted by molar-refractivity contribution is 8.00. The Labute approximate surface area is 371 Å². The van der Waals surface area contributed by atoms with E-state index in [0.29, 0.717) is 36.6 Å². The van der Waals surface area contributed by atoms with Crippen LogP contribution in [0.4, 0.5) is 10.5 Å². The van der Waals surface area contributed by atoms with Crippen LogP contribution in [0.2, 0.25) is 5.02 Å².